The summed E-state index contributed by atoms with van der Waals surface area (Å²) in [6.07, 6.45) is 1.30. The zero-order chi connectivity index (χ0) is 27.9. The minimum atomic E-state index is -3.82. The lowest BCUT2D eigenvalue weighted by atomic mass is 10.0. The van der Waals surface area contributed by atoms with Crippen LogP contribution in [-0.2, 0) is 32.6 Å². The molecule has 2 amide bonds. The van der Waals surface area contributed by atoms with Gasteiger partial charge in [-0.25, -0.2) is 8.42 Å². The minimum absolute atomic E-state index is 0.0680. The minimum Gasteiger partial charge on any atom is -0.352 e. The highest BCUT2D eigenvalue weighted by molar-refractivity contribution is 9.10. The van der Waals surface area contributed by atoms with Crippen LogP contribution in [-0.4, -0.2) is 50.0 Å². The SMILES string of the molecule is CC(C)NC(=O)C(Cc1ccccc1)N(Cc1cccc(Cl)c1)C(=O)CN(c1cccc(Br)c1)S(C)(=O)=O. The van der Waals surface area contributed by atoms with Crippen LogP contribution in [0.25, 0.3) is 0 Å². The number of rotatable bonds is 11. The molecule has 0 radical (unpaired) electrons. The standard InChI is InChI=1S/C28H31BrClN3O4S/c1-20(2)31-28(35)26(16-21-9-5-4-6-10-21)32(18-22-11-7-13-24(30)15-22)27(34)19-33(38(3,36)37)25-14-8-12-23(29)17-25/h4-15,17,20,26H,16,18-19H2,1-3H3,(H,31,35). The molecule has 0 bridgehead atoms. The lowest BCUT2D eigenvalue weighted by molar-refractivity contribution is -0.140. The van der Waals surface area contributed by atoms with Crippen molar-refractivity contribution in [2.45, 2.75) is 38.9 Å². The van der Waals surface area contributed by atoms with Crippen molar-refractivity contribution < 1.29 is 18.0 Å². The second-order valence-electron chi connectivity index (χ2n) is 9.27. The Labute approximate surface area is 238 Å². The van der Waals surface area contributed by atoms with Gasteiger partial charge in [-0.3, -0.25) is 13.9 Å². The molecule has 1 atom stereocenters. The molecule has 0 aliphatic heterocycles. The summed E-state index contributed by atoms with van der Waals surface area (Å²) in [7, 11) is -3.82. The normalized spacial score (nSPS) is 12.2. The smallest absolute Gasteiger partial charge is 0.244 e. The Bertz CT molecular complexity index is 1370. The van der Waals surface area contributed by atoms with Gasteiger partial charge in [-0.05, 0) is 55.3 Å². The number of anilines is 1. The summed E-state index contributed by atoms with van der Waals surface area (Å²) in [5.74, 6) is -0.845. The Balaban J connectivity index is 2.06. The molecule has 1 N–H and O–H groups in total. The second-order valence-corrected chi connectivity index (χ2v) is 12.5. The summed E-state index contributed by atoms with van der Waals surface area (Å²) in [5.41, 5.74) is 1.92. The zero-order valence-corrected chi connectivity index (χ0v) is 24.6. The van der Waals surface area contributed by atoms with E-state index < -0.39 is 28.5 Å². The molecule has 0 fully saturated rings. The molecule has 202 valence electrons. The van der Waals surface area contributed by atoms with Gasteiger partial charge in [0.25, 0.3) is 0 Å². The summed E-state index contributed by atoms with van der Waals surface area (Å²) < 4.78 is 27.3. The lowest BCUT2D eigenvalue weighted by Crippen LogP contribution is -2.54. The molecule has 0 aromatic heterocycles. The Kier molecular flexibility index (Phi) is 10.4. The number of halogens is 2. The summed E-state index contributed by atoms with van der Waals surface area (Å²) in [5, 5.41) is 3.41. The predicted molar refractivity (Wildman–Crippen MR) is 156 cm³/mol. The van der Waals surface area contributed by atoms with Crippen LogP contribution in [0.15, 0.2) is 83.3 Å². The van der Waals surface area contributed by atoms with E-state index in [1.807, 2.05) is 50.2 Å². The number of sulfonamides is 1. The zero-order valence-electron chi connectivity index (χ0n) is 21.5. The monoisotopic (exact) mass is 619 g/mol. The summed E-state index contributed by atoms with van der Waals surface area (Å²) in [6, 6.07) is 22.1. The molecule has 0 aliphatic carbocycles. The van der Waals surface area contributed by atoms with Crippen LogP contribution in [0.4, 0.5) is 5.69 Å². The number of hydrogen-bond acceptors (Lipinski definition) is 4. The molecule has 0 saturated carbocycles. The van der Waals surface area contributed by atoms with Crippen LogP contribution in [0.1, 0.15) is 25.0 Å². The van der Waals surface area contributed by atoms with Crippen LogP contribution in [0.3, 0.4) is 0 Å². The number of amides is 2. The van der Waals surface area contributed by atoms with E-state index in [2.05, 4.69) is 21.2 Å². The highest BCUT2D eigenvalue weighted by Gasteiger charge is 2.33. The third kappa shape index (κ3) is 8.58. The number of carbonyl (C=O) groups excluding carboxylic acids is 2. The molecule has 0 saturated heterocycles. The molecule has 3 rings (SSSR count). The van der Waals surface area contributed by atoms with E-state index in [9.17, 15) is 18.0 Å². The highest BCUT2D eigenvalue weighted by atomic mass is 79.9. The lowest BCUT2D eigenvalue weighted by Gasteiger charge is -2.34. The number of hydrogen-bond donors (Lipinski definition) is 1. The van der Waals surface area contributed by atoms with Gasteiger partial charge in [0.05, 0.1) is 11.9 Å². The molecule has 0 heterocycles. The van der Waals surface area contributed by atoms with E-state index >= 15 is 0 Å². The topological polar surface area (TPSA) is 86.8 Å². The first kappa shape index (κ1) is 29.7. The van der Waals surface area contributed by atoms with Crippen LogP contribution >= 0.6 is 27.5 Å². The predicted octanol–water partition coefficient (Wildman–Crippen LogP) is 5.03. The van der Waals surface area contributed by atoms with Crippen molar-refractivity contribution in [3.63, 3.8) is 0 Å². The number of benzene rings is 3. The molecule has 38 heavy (non-hydrogen) atoms. The van der Waals surface area contributed by atoms with Gasteiger partial charge < -0.3 is 10.2 Å². The maximum atomic E-state index is 14.0. The first-order chi connectivity index (χ1) is 17.9. The van der Waals surface area contributed by atoms with E-state index in [-0.39, 0.29) is 24.9 Å². The average Bonchev–Trinajstić information content (AvgIpc) is 2.84. The fraction of sp³-hybridized carbons (Fsp3) is 0.286. The molecule has 3 aromatic rings. The van der Waals surface area contributed by atoms with Crippen molar-refractivity contribution in [1.82, 2.24) is 10.2 Å². The molecule has 3 aromatic carbocycles. The Morgan fingerprint density at radius 2 is 1.61 bits per heavy atom. The highest BCUT2D eigenvalue weighted by Crippen LogP contribution is 2.24. The molecule has 7 nitrogen and oxygen atoms in total. The Morgan fingerprint density at radius 1 is 0.947 bits per heavy atom. The van der Waals surface area contributed by atoms with Crippen molar-refractivity contribution in [1.29, 1.82) is 0 Å². The van der Waals surface area contributed by atoms with Gasteiger partial charge in [0, 0.05) is 28.5 Å². The van der Waals surface area contributed by atoms with Gasteiger partial charge in [0.15, 0.2) is 0 Å². The average molecular weight is 621 g/mol. The van der Waals surface area contributed by atoms with Crippen molar-refractivity contribution >= 4 is 55.1 Å². The summed E-state index contributed by atoms with van der Waals surface area (Å²) in [4.78, 5) is 28.9. The van der Waals surface area contributed by atoms with Crippen molar-refractivity contribution in [2.24, 2.45) is 0 Å². The number of carbonyl (C=O) groups is 2. The molecular weight excluding hydrogens is 590 g/mol. The van der Waals surface area contributed by atoms with Gasteiger partial charge in [-0.2, -0.15) is 0 Å². The first-order valence-electron chi connectivity index (χ1n) is 12.1. The van der Waals surface area contributed by atoms with Crippen LogP contribution in [0.5, 0.6) is 0 Å². The van der Waals surface area contributed by atoms with Crippen LogP contribution < -0.4 is 9.62 Å². The van der Waals surface area contributed by atoms with E-state index in [1.165, 1.54) is 4.90 Å². The van der Waals surface area contributed by atoms with E-state index in [0.717, 1.165) is 21.7 Å². The Morgan fingerprint density at radius 3 is 2.21 bits per heavy atom. The van der Waals surface area contributed by atoms with E-state index in [1.54, 1.807) is 42.5 Å². The number of nitrogens with zero attached hydrogens (tertiary/aromatic N) is 2. The fourth-order valence-corrected chi connectivity index (χ4v) is 5.45. The maximum absolute atomic E-state index is 14.0. The fourth-order valence-electron chi connectivity index (χ4n) is 4.01. The third-order valence-corrected chi connectivity index (χ3v) is 7.59. The molecule has 0 aliphatic rings. The van der Waals surface area contributed by atoms with Gasteiger partial charge >= 0.3 is 0 Å². The summed E-state index contributed by atoms with van der Waals surface area (Å²) in [6.45, 7) is 3.28. The van der Waals surface area contributed by atoms with Crippen molar-refractivity contribution in [3.8, 4) is 0 Å². The Hall–Kier alpha value is -2.88. The first-order valence-corrected chi connectivity index (χ1v) is 15.1. The third-order valence-electron chi connectivity index (χ3n) is 5.72. The summed E-state index contributed by atoms with van der Waals surface area (Å²) >= 11 is 9.58. The molecule has 10 heteroatoms. The van der Waals surface area contributed by atoms with Gasteiger partial charge in [-0.1, -0.05) is 76.1 Å². The van der Waals surface area contributed by atoms with Crippen LogP contribution in [0.2, 0.25) is 5.02 Å². The quantitative estimate of drug-likeness (QED) is 0.326. The van der Waals surface area contributed by atoms with E-state index in [4.69, 9.17) is 11.6 Å². The second kappa shape index (κ2) is 13.3. The maximum Gasteiger partial charge on any atom is 0.244 e. The molecule has 0 spiro atoms. The van der Waals surface area contributed by atoms with Crippen LogP contribution in [0, 0.1) is 0 Å². The largest absolute Gasteiger partial charge is 0.352 e. The molecule has 1 unspecified atom stereocenters. The van der Waals surface area contributed by atoms with Crippen molar-refractivity contribution in [2.75, 3.05) is 17.1 Å². The van der Waals surface area contributed by atoms with Crippen molar-refractivity contribution in [3.05, 3.63) is 99.5 Å². The van der Waals surface area contributed by atoms with Gasteiger partial charge in [-0.15, -0.1) is 0 Å². The van der Waals surface area contributed by atoms with Gasteiger partial charge in [0.2, 0.25) is 21.8 Å². The van der Waals surface area contributed by atoms with Gasteiger partial charge in [0.1, 0.15) is 12.6 Å². The van der Waals surface area contributed by atoms with E-state index in [0.29, 0.717) is 15.2 Å². The molecular formula is C28H31BrClN3O4S. The number of nitrogens with one attached hydrogen (secondary N) is 1.